The van der Waals surface area contributed by atoms with E-state index in [4.69, 9.17) is 15.2 Å². The number of fused-ring (bicyclic) bond motifs is 2. The van der Waals surface area contributed by atoms with Crippen molar-refractivity contribution in [1.82, 2.24) is 30.6 Å². The van der Waals surface area contributed by atoms with E-state index in [9.17, 15) is 32.4 Å². The number of hydrogen-bond acceptors (Lipinski definition) is 10. The summed E-state index contributed by atoms with van der Waals surface area (Å²) < 4.78 is 43.0. The molecule has 64 heavy (non-hydrogen) atoms. The topological polar surface area (TPSA) is 241 Å². The number of guanidine groups is 1. The molecule has 4 aromatic rings. The Balaban J connectivity index is 1.23. The summed E-state index contributed by atoms with van der Waals surface area (Å²) in [4.78, 5) is 72.8. The molecule has 4 amide bonds. The summed E-state index contributed by atoms with van der Waals surface area (Å²) in [6.45, 7) is 13.9. The Kier molecular flexibility index (Phi) is 13.8. The van der Waals surface area contributed by atoms with Crippen LogP contribution in [0.5, 0.6) is 5.75 Å². The second kappa shape index (κ2) is 18.7. The first-order chi connectivity index (χ1) is 30.0. The molecule has 2 aliphatic heterocycles. The first-order valence-corrected chi connectivity index (χ1v) is 22.7. The van der Waals surface area contributed by atoms with Gasteiger partial charge in [-0.05, 0) is 102 Å². The summed E-state index contributed by atoms with van der Waals surface area (Å²) in [6.07, 6.45) is 1.58. The average molecular weight is 899 g/mol. The number of aliphatic imine (C=N–C) groups is 1. The van der Waals surface area contributed by atoms with Crippen LogP contribution in [0, 0.1) is 20.8 Å². The van der Waals surface area contributed by atoms with Crippen LogP contribution in [0.15, 0.2) is 70.7 Å². The van der Waals surface area contributed by atoms with E-state index in [0.717, 1.165) is 16.7 Å². The highest BCUT2D eigenvalue weighted by Crippen LogP contribution is 2.43. The Morgan fingerprint density at radius 1 is 0.891 bits per heavy atom. The lowest BCUT2D eigenvalue weighted by atomic mass is 9.94. The minimum absolute atomic E-state index is 0.0165. The van der Waals surface area contributed by atoms with Crippen LogP contribution in [-0.2, 0) is 53.2 Å². The molecule has 18 heteroatoms. The van der Waals surface area contributed by atoms with E-state index in [1.165, 1.54) is 4.57 Å². The maximum absolute atomic E-state index is 14.2. The van der Waals surface area contributed by atoms with Gasteiger partial charge in [0.1, 0.15) is 35.1 Å². The van der Waals surface area contributed by atoms with Gasteiger partial charge < -0.3 is 36.5 Å². The summed E-state index contributed by atoms with van der Waals surface area (Å²) in [7, 11) is -4.18. The van der Waals surface area contributed by atoms with Crippen molar-refractivity contribution in [2.75, 3.05) is 13.1 Å². The van der Waals surface area contributed by atoms with Crippen LogP contribution in [0.4, 0.5) is 4.79 Å². The Morgan fingerprint density at radius 2 is 1.53 bits per heavy atom. The van der Waals surface area contributed by atoms with E-state index in [-0.39, 0.29) is 43.1 Å². The zero-order valence-corrected chi connectivity index (χ0v) is 38.3. The van der Waals surface area contributed by atoms with E-state index in [1.54, 1.807) is 89.3 Å². The van der Waals surface area contributed by atoms with E-state index in [2.05, 4.69) is 31.0 Å². The summed E-state index contributed by atoms with van der Waals surface area (Å²) >= 11 is 0. The number of hydrogen-bond donors (Lipinski definition) is 6. The second-order valence-electron chi connectivity index (χ2n) is 17.9. The van der Waals surface area contributed by atoms with Gasteiger partial charge in [-0.1, -0.05) is 48.5 Å². The van der Waals surface area contributed by atoms with Gasteiger partial charge in [0.15, 0.2) is 0 Å². The summed E-state index contributed by atoms with van der Waals surface area (Å²) in [5.41, 5.74) is 9.31. The number of carbonyl (C=O) groups excluding carboxylic acids is 5. The van der Waals surface area contributed by atoms with Gasteiger partial charge in [-0.2, -0.15) is 0 Å². The Labute approximate surface area is 373 Å². The fourth-order valence-electron chi connectivity index (χ4n) is 8.08. The standard InChI is InChI=1S/C46H58N8O9S/c1-26-27(2)39(28(3)32-23-46(7,8)62-38(26)32)64(60,61)53-43(47)48-20-14-18-33-41(57)52-35(22-30-25-54(44(59)63-45(4,5)6)36-19-13-12-17-31(30)36)40(56)49-24-37(55)50-34(42(58)51-33)21-29-15-10-9-11-16-29/h9-13,15-17,19,25,33-35H,14,18,20-24H2,1-8H3,(H,49,56)(H,50,55)(H,51,58)(H,52,57)(H3,47,48,53)/t33-,34-,35+/m1/s1. The maximum atomic E-state index is 14.2. The molecule has 1 fully saturated rings. The molecule has 0 unspecified atom stereocenters. The van der Waals surface area contributed by atoms with E-state index in [1.807, 2.05) is 26.8 Å². The normalized spacial score (nSPS) is 19.6. The zero-order chi connectivity index (χ0) is 46.7. The van der Waals surface area contributed by atoms with Gasteiger partial charge in [0.05, 0.1) is 17.0 Å². The van der Waals surface area contributed by atoms with Crippen LogP contribution >= 0.6 is 0 Å². The summed E-state index contributed by atoms with van der Waals surface area (Å²) in [5, 5.41) is 11.5. The number of amides is 4. The maximum Gasteiger partial charge on any atom is 0.419 e. The predicted octanol–water partition coefficient (Wildman–Crippen LogP) is 3.51. The van der Waals surface area contributed by atoms with Crippen LogP contribution in [-0.4, -0.2) is 91.1 Å². The van der Waals surface area contributed by atoms with Gasteiger partial charge in [0, 0.05) is 43.0 Å². The Bertz CT molecular complexity index is 2620. The van der Waals surface area contributed by atoms with Gasteiger partial charge in [0.25, 0.3) is 10.0 Å². The Morgan fingerprint density at radius 3 is 2.23 bits per heavy atom. The number of nitrogens with zero attached hydrogens (tertiary/aromatic N) is 2. The Hall–Kier alpha value is -6.43. The highest BCUT2D eigenvalue weighted by molar-refractivity contribution is 7.90. The van der Waals surface area contributed by atoms with Crippen molar-refractivity contribution in [2.24, 2.45) is 10.7 Å². The van der Waals surface area contributed by atoms with Crippen molar-refractivity contribution >= 4 is 56.6 Å². The number of sulfonamides is 1. The second-order valence-corrected chi connectivity index (χ2v) is 19.6. The number of carbonyl (C=O) groups is 5. The first kappa shape index (κ1) is 47.1. The average Bonchev–Trinajstić information content (AvgIpc) is 3.75. The number of ether oxygens (including phenoxy) is 2. The number of nitrogens with two attached hydrogens (primary N) is 1. The molecule has 0 saturated carbocycles. The van der Waals surface area contributed by atoms with Crippen LogP contribution in [0.25, 0.3) is 10.9 Å². The van der Waals surface area contributed by atoms with Crippen molar-refractivity contribution in [3.63, 3.8) is 0 Å². The van der Waals surface area contributed by atoms with E-state index in [0.29, 0.717) is 39.8 Å². The summed E-state index contributed by atoms with van der Waals surface area (Å²) in [5.74, 6) is -2.31. The van der Waals surface area contributed by atoms with Gasteiger partial charge >= 0.3 is 6.09 Å². The van der Waals surface area contributed by atoms with E-state index < -0.39 is 75.6 Å². The van der Waals surface area contributed by atoms with Gasteiger partial charge in [-0.15, -0.1) is 0 Å². The number of para-hydroxylation sites is 1. The van der Waals surface area contributed by atoms with Crippen molar-refractivity contribution in [3.8, 4) is 5.75 Å². The third-order valence-corrected chi connectivity index (χ3v) is 12.8. The molecule has 2 aliphatic rings. The molecule has 3 atom stereocenters. The molecule has 0 bridgehead atoms. The third kappa shape index (κ3) is 11.0. The number of benzene rings is 3. The molecule has 3 heterocycles. The van der Waals surface area contributed by atoms with Gasteiger partial charge in [0.2, 0.25) is 29.6 Å². The molecular weight excluding hydrogens is 841 g/mol. The number of aromatic nitrogens is 1. The van der Waals surface area contributed by atoms with Gasteiger partial charge in [-0.25, -0.2) is 17.9 Å². The summed E-state index contributed by atoms with van der Waals surface area (Å²) in [6, 6.07) is 12.4. The third-order valence-electron chi connectivity index (χ3n) is 11.2. The lowest BCUT2D eigenvalue weighted by Gasteiger charge is -2.27. The molecule has 1 aromatic heterocycles. The molecule has 342 valence electrons. The lowest BCUT2D eigenvalue weighted by Crippen LogP contribution is -2.60. The first-order valence-electron chi connectivity index (χ1n) is 21.2. The van der Waals surface area contributed by atoms with Crippen LogP contribution in [0.3, 0.4) is 0 Å². The minimum Gasteiger partial charge on any atom is -0.487 e. The largest absolute Gasteiger partial charge is 0.487 e. The van der Waals surface area contributed by atoms with E-state index >= 15 is 0 Å². The molecular formula is C46H58N8O9S. The fraction of sp³-hybridized carbons (Fsp3) is 0.435. The lowest BCUT2D eigenvalue weighted by molar-refractivity contribution is -0.135. The van der Waals surface area contributed by atoms with Crippen molar-refractivity contribution < 1.29 is 41.9 Å². The fourth-order valence-corrected chi connectivity index (χ4v) is 9.60. The number of nitrogens with one attached hydrogen (secondary N) is 5. The van der Waals surface area contributed by atoms with Crippen molar-refractivity contribution in [2.45, 2.75) is 122 Å². The van der Waals surface area contributed by atoms with Crippen LogP contribution < -0.4 is 36.5 Å². The minimum atomic E-state index is -4.18. The predicted molar refractivity (Wildman–Crippen MR) is 241 cm³/mol. The molecule has 6 rings (SSSR count). The highest BCUT2D eigenvalue weighted by atomic mass is 32.2. The van der Waals surface area contributed by atoms with Crippen LogP contribution in [0.2, 0.25) is 0 Å². The SMILES string of the molecule is Cc1c(C)c(S(=O)(=O)NC(N)=NCCC[C@H]2NC(=O)[C@@H](Cc3ccccc3)NC(=O)CNC(=O)[C@H](Cc3cn(C(=O)OC(C)(C)C)c4ccccc34)NC2=O)c(C)c2c1OC(C)(C)C2. The molecule has 0 spiro atoms. The molecule has 7 N–H and O–H groups in total. The zero-order valence-electron chi connectivity index (χ0n) is 37.5. The van der Waals surface area contributed by atoms with Crippen molar-refractivity contribution in [1.29, 1.82) is 0 Å². The van der Waals surface area contributed by atoms with Crippen LogP contribution in [0.1, 0.15) is 80.8 Å². The molecule has 0 radical (unpaired) electrons. The molecule has 0 aliphatic carbocycles. The highest BCUT2D eigenvalue weighted by Gasteiger charge is 2.37. The van der Waals surface area contributed by atoms with Crippen molar-refractivity contribution in [3.05, 3.63) is 94.2 Å². The molecule has 1 saturated heterocycles. The number of rotatable bonds is 10. The van der Waals surface area contributed by atoms with Gasteiger partial charge in [-0.3, -0.25) is 28.7 Å². The molecule has 3 aromatic carbocycles. The molecule has 17 nitrogen and oxygen atoms in total. The quantitative estimate of drug-likeness (QED) is 0.0769. The smallest absolute Gasteiger partial charge is 0.419 e. The monoisotopic (exact) mass is 898 g/mol.